The second-order valence-corrected chi connectivity index (χ2v) is 3.59. The van der Waals surface area contributed by atoms with Crippen LogP contribution in [0.25, 0.3) is 5.57 Å². The Morgan fingerprint density at radius 3 is 3.09 bits per heavy atom. The molecule has 1 aliphatic carbocycles. The highest BCUT2D eigenvalue weighted by atomic mass is 32.1. The first kappa shape index (κ1) is 7.04. The van der Waals surface area contributed by atoms with Crippen LogP contribution in [0.15, 0.2) is 11.6 Å². The Morgan fingerprint density at radius 1 is 1.45 bits per heavy atom. The van der Waals surface area contributed by atoms with Crippen LogP contribution in [-0.4, -0.2) is 4.98 Å². The SMILES string of the molecule is [C]1=C(c2nccs2)CCCC1. The second-order valence-electron chi connectivity index (χ2n) is 2.70. The highest BCUT2D eigenvalue weighted by molar-refractivity contribution is 7.10. The third kappa shape index (κ3) is 1.51. The molecule has 0 N–H and O–H groups in total. The van der Waals surface area contributed by atoms with E-state index in [9.17, 15) is 0 Å². The number of rotatable bonds is 1. The molecular weight excluding hydrogens is 154 g/mol. The number of allylic oxidation sites excluding steroid dienone is 2. The summed E-state index contributed by atoms with van der Waals surface area (Å²) in [7, 11) is 0. The van der Waals surface area contributed by atoms with E-state index in [0.717, 1.165) is 6.42 Å². The van der Waals surface area contributed by atoms with Crippen molar-refractivity contribution in [3.63, 3.8) is 0 Å². The zero-order valence-corrected chi connectivity index (χ0v) is 7.16. The van der Waals surface area contributed by atoms with Crippen molar-refractivity contribution in [2.45, 2.75) is 25.7 Å². The summed E-state index contributed by atoms with van der Waals surface area (Å²) in [5.74, 6) is 0. The molecule has 1 radical (unpaired) electrons. The summed E-state index contributed by atoms with van der Waals surface area (Å²) in [6.45, 7) is 0. The lowest BCUT2D eigenvalue weighted by atomic mass is 10.0. The number of aromatic nitrogens is 1. The standard InChI is InChI=1S/C9H10NS/c1-2-4-8(5-3-1)9-10-6-7-11-9/h6-7H,1-4H2. The van der Waals surface area contributed by atoms with Crippen molar-refractivity contribution in [3.8, 4) is 0 Å². The van der Waals surface area contributed by atoms with Gasteiger partial charge in [-0.3, -0.25) is 0 Å². The average Bonchev–Trinajstić information content (AvgIpc) is 2.58. The minimum Gasteiger partial charge on any atom is -0.245 e. The molecule has 1 aromatic rings. The lowest BCUT2D eigenvalue weighted by Gasteiger charge is -2.08. The van der Waals surface area contributed by atoms with Crippen molar-refractivity contribution < 1.29 is 0 Å². The number of nitrogens with zero attached hydrogens (tertiary/aromatic N) is 1. The maximum absolute atomic E-state index is 4.26. The van der Waals surface area contributed by atoms with Gasteiger partial charge in [-0.25, -0.2) is 4.98 Å². The molecule has 0 unspecified atom stereocenters. The van der Waals surface area contributed by atoms with Gasteiger partial charge in [-0.15, -0.1) is 11.3 Å². The van der Waals surface area contributed by atoms with Gasteiger partial charge < -0.3 is 0 Å². The molecule has 0 amide bonds. The van der Waals surface area contributed by atoms with Gasteiger partial charge >= 0.3 is 0 Å². The van der Waals surface area contributed by atoms with Crippen LogP contribution in [0.2, 0.25) is 0 Å². The van der Waals surface area contributed by atoms with E-state index in [-0.39, 0.29) is 0 Å². The first-order chi connectivity index (χ1) is 5.47. The van der Waals surface area contributed by atoms with Crippen molar-refractivity contribution in [3.05, 3.63) is 22.7 Å². The van der Waals surface area contributed by atoms with Gasteiger partial charge in [0.05, 0.1) is 0 Å². The molecule has 0 aliphatic heterocycles. The number of thiazole rings is 1. The first-order valence-corrected chi connectivity index (χ1v) is 4.84. The Balaban J connectivity index is 2.22. The van der Waals surface area contributed by atoms with E-state index in [4.69, 9.17) is 0 Å². The molecule has 0 spiro atoms. The van der Waals surface area contributed by atoms with Crippen molar-refractivity contribution in [1.29, 1.82) is 0 Å². The van der Waals surface area contributed by atoms with Crippen molar-refractivity contribution in [2.75, 3.05) is 0 Å². The van der Waals surface area contributed by atoms with E-state index in [0.29, 0.717) is 0 Å². The fourth-order valence-electron chi connectivity index (χ4n) is 1.31. The van der Waals surface area contributed by atoms with Crippen molar-refractivity contribution in [1.82, 2.24) is 4.98 Å². The Labute approximate surface area is 70.8 Å². The van der Waals surface area contributed by atoms with Crippen LogP contribution in [0.3, 0.4) is 0 Å². The van der Waals surface area contributed by atoms with E-state index >= 15 is 0 Å². The molecule has 11 heavy (non-hydrogen) atoms. The number of hydrogen-bond acceptors (Lipinski definition) is 2. The summed E-state index contributed by atoms with van der Waals surface area (Å²) in [5.41, 5.74) is 1.34. The predicted octanol–water partition coefficient (Wildman–Crippen LogP) is 2.90. The van der Waals surface area contributed by atoms with Gasteiger partial charge in [0.2, 0.25) is 0 Å². The Hall–Kier alpha value is -0.630. The topological polar surface area (TPSA) is 12.9 Å². The maximum Gasteiger partial charge on any atom is 0.119 e. The van der Waals surface area contributed by atoms with E-state index in [1.807, 2.05) is 11.6 Å². The Bertz CT molecular complexity index is 249. The summed E-state index contributed by atoms with van der Waals surface area (Å²) in [6, 6.07) is 0. The van der Waals surface area contributed by atoms with Gasteiger partial charge in [0, 0.05) is 11.6 Å². The second kappa shape index (κ2) is 3.18. The molecule has 0 fully saturated rings. The van der Waals surface area contributed by atoms with Crippen LogP contribution in [0, 0.1) is 6.08 Å². The van der Waals surface area contributed by atoms with Crippen molar-refractivity contribution in [2.24, 2.45) is 0 Å². The van der Waals surface area contributed by atoms with Crippen LogP contribution in [0.1, 0.15) is 30.7 Å². The molecule has 1 aromatic heterocycles. The highest BCUT2D eigenvalue weighted by Gasteiger charge is 2.07. The zero-order chi connectivity index (χ0) is 7.52. The van der Waals surface area contributed by atoms with Gasteiger partial charge in [-0.2, -0.15) is 0 Å². The van der Waals surface area contributed by atoms with E-state index in [1.165, 1.54) is 29.8 Å². The first-order valence-electron chi connectivity index (χ1n) is 3.96. The van der Waals surface area contributed by atoms with E-state index < -0.39 is 0 Å². The van der Waals surface area contributed by atoms with E-state index in [2.05, 4.69) is 11.1 Å². The van der Waals surface area contributed by atoms with Crippen LogP contribution in [-0.2, 0) is 0 Å². The largest absolute Gasteiger partial charge is 0.245 e. The van der Waals surface area contributed by atoms with Gasteiger partial charge in [0.25, 0.3) is 0 Å². The smallest absolute Gasteiger partial charge is 0.119 e. The van der Waals surface area contributed by atoms with Crippen LogP contribution >= 0.6 is 11.3 Å². The molecule has 0 bridgehead atoms. The van der Waals surface area contributed by atoms with Gasteiger partial charge in [-0.1, -0.05) is 0 Å². The average molecular weight is 164 g/mol. The van der Waals surface area contributed by atoms with Crippen LogP contribution in [0.4, 0.5) is 0 Å². The van der Waals surface area contributed by atoms with Crippen molar-refractivity contribution >= 4 is 16.9 Å². The summed E-state index contributed by atoms with van der Waals surface area (Å²) in [4.78, 5) is 4.26. The third-order valence-electron chi connectivity index (χ3n) is 1.88. The molecular formula is C9H10NS. The molecule has 2 heteroatoms. The van der Waals surface area contributed by atoms with Gasteiger partial charge in [0.15, 0.2) is 0 Å². The lowest BCUT2D eigenvalue weighted by molar-refractivity contribution is 0.730. The maximum atomic E-state index is 4.26. The minimum atomic E-state index is 1.12. The zero-order valence-electron chi connectivity index (χ0n) is 6.34. The predicted molar refractivity (Wildman–Crippen MR) is 47.2 cm³/mol. The molecule has 57 valence electrons. The Morgan fingerprint density at radius 2 is 2.45 bits per heavy atom. The molecule has 2 rings (SSSR count). The van der Waals surface area contributed by atoms with Gasteiger partial charge in [0.1, 0.15) is 5.01 Å². The van der Waals surface area contributed by atoms with Crippen LogP contribution in [0.5, 0.6) is 0 Å². The molecule has 0 atom stereocenters. The molecule has 0 saturated carbocycles. The monoisotopic (exact) mass is 164 g/mol. The highest BCUT2D eigenvalue weighted by Crippen LogP contribution is 2.26. The summed E-state index contributed by atoms with van der Waals surface area (Å²) >= 11 is 1.72. The fraction of sp³-hybridized carbons (Fsp3) is 0.444. The molecule has 1 heterocycles. The van der Waals surface area contributed by atoms with E-state index in [1.54, 1.807) is 11.3 Å². The molecule has 1 aliphatic rings. The molecule has 0 aromatic carbocycles. The number of hydrogen-bond donors (Lipinski definition) is 0. The quantitative estimate of drug-likeness (QED) is 0.622. The molecule has 1 nitrogen and oxygen atoms in total. The summed E-state index contributed by atoms with van der Waals surface area (Å²) < 4.78 is 0. The lowest BCUT2D eigenvalue weighted by Crippen LogP contribution is -1.90. The Kier molecular flexibility index (Phi) is 2.04. The van der Waals surface area contributed by atoms with Crippen LogP contribution < -0.4 is 0 Å². The fourth-order valence-corrected chi connectivity index (χ4v) is 2.00. The molecule has 0 saturated heterocycles. The normalized spacial score (nSPS) is 18.0. The summed E-state index contributed by atoms with van der Waals surface area (Å²) in [5, 5.41) is 3.20. The third-order valence-corrected chi connectivity index (χ3v) is 2.72. The summed E-state index contributed by atoms with van der Waals surface area (Å²) in [6.07, 6.45) is 10.2. The minimum absolute atomic E-state index is 1.12. The van der Waals surface area contributed by atoms with Gasteiger partial charge in [-0.05, 0) is 37.3 Å².